The first-order valence-electron chi connectivity index (χ1n) is 11.0. The first-order chi connectivity index (χ1) is 16.4. The fourth-order valence-corrected chi connectivity index (χ4v) is 6.14. The molecule has 2 aliphatic heterocycles. The van der Waals surface area contributed by atoms with Crippen molar-refractivity contribution < 1.29 is 32.6 Å². The number of rotatable bonds is 2. The van der Waals surface area contributed by atoms with Crippen molar-refractivity contribution in [2.75, 3.05) is 14.2 Å². The van der Waals surface area contributed by atoms with Gasteiger partial charge in [0.15, 0.2) is 16.8 Å². The molecule has 4 atom stereocenters. The summed E-state index contributed by atoms with van der Waals surface area (Å²) in [5.74, 6) is 1.25. The van der Waals surface area contributed by atoms with Gasteiger partial charge >= 0.3 is 0 Å². The van der Waals surface area contributed by atoms with Gasteiger partial charge in [-0.3, -0.25) is 9.59 Å². The number of aryl methyl sites for hydroxylation is 1. The van der Waals surface area contributed by atoms with Crippen LogP contribution in [0.15, 0.2) is 44.2 Å². The molecule has 7 rings (SSSR count). The molecule has 1 aliphatic carbocycles. The van der Waals surface area contributed by atoms with E-state index in [0.717, 1.165) is 0 Å². The average molecular weight is 460 g/mol. The molecule has 4 heterocycles. The molecule has 0 bridgehead atoms. The molecular weight excluding hydrogens is 440 g/mol. The number of furan rings is 1. The Balaban J connectivity index is 1.45. The van der Waals surface area contributed by atoms with E-state index in [9.17, 15) is 9.59 Å². The number of hydrogen-bond donors (Lipinski definition) is 0. The molecule has 4 aromatic rings. The van der Waals surface area contributed by atoms with Crippen molar-refractivity contribution in [2.45, 2.75) is 31.5 Å². The van der Waals surface area contributed by atoms with Gasteiger partial charge < -0.3 is 27.8 Å². The van der Waals surface area contributed by atoms with Crippen LogP contribution in [0.25, 0.3) is 21.9 Å². The van der Waals surface area contributed by atoms with Crippen LogP contribution >= 0.6 is 0 Å². The monoisotopic (exact) mass is 460 g/mol. The lowest BCUT2D eigenvalue weighted by Gasteiger charge is -2.56. The number of hydrogen-bond acceptors (Lipinski definition) is 8. The number of Topliss-reactive ketones (excluding diaryl/α,β-unsaturated/α-hetero) is 1. The molecule has 2 aromatic heterocycles. The molecule has 0 saturated heterocycles. The minimum absolute atomic E-state index is 0.0977. The summed E-state index contributed by atoms with van der Waals surface area (Å²) in [7, 11) is 3.03. The van der Waals surface area contributed by atoms with Gasteiger partial charge in [0.25, 0.3) is 0 Å². The lowest BCUT2D eigenvalue weighted by atomic mass is 9.54. The van der Waals surface area contributed by atoms with Gasteiger partial charge in [-0.25, -0.2) is 0 Å². The second-order valence-electron chi connectivity index (χ2n) is 9.22. The summed E-state index contributed by atoms with van der Waals surface area (Å²) in [5.41, 5.74) is 0.925. The fourth-order valence-electron chi connectivity index (χ4n) is 6.14. The van der Waals surface area contributed by atoms with Crippen molar-refractivity contribution in [3.05, 3.63) is 57.6 Å². The number of ketones is 1. The maximum Gasteiger partial charge on any atom is 0.196 e. The van der Waals surface area contributed by atoms with E-state index in [-0.39, 0.29) is 17.1 Å². The van der Waals surface area contributed by atoms with Gasteiger partial charge in [-0.2, -0.15) is 0 Å². The molecule has 0 radical (unpaired) electrons. The summed E-state index contributed by atoms with van der Waals surface area (Å²) in [4.78, 5) is 26.8. The third-order valence-electron chi connectivity index (χ3n) is 7.49. The second kappa shape index (κ2) is 6.14. The maximum absolute atomic E-state index is 14.0. The Morgan fingerprint density at radius 3 is 2.53 bits per heavy atom. The maximum atomic E-state index is 14.0. The Labute approximate surface area is 192 Å². The van der Waals surface area contributed by atoms with Crippen molar-refractivity contribution in [1.82, 2.24) is 0 Å². The number of ether oxygens (including phenoxy) is 4. The molecule has 8 nitrogen and oxygen atoms in total. The molecule has 0 unspecified atom stereocenters. The Morgan fingerprint density at radius 2 is 1.76 bits per heavy atom. The van der Waals surface area contributed by atoms with Crippen LogP contribution in [0.3, 0.4) is 0 Å². The molecule has 172 valence electrons. The van der Waals surface area contributed by atoms with E-state index in [2.05, 4.69) is 0 Å². The SMILES string of the molecule is COc1c2c(cc3occc13)O[C@]1(C)[C@@H]3Oc4cc5oc(C)cc(=O)c5c(OC)c4[C@H]3[C@H]1C2=O. The van der Waals surface area contributed by atoms with Gasteiger partial charge in [0.2, 0.25) is 0 Å². The van der Waals surface area contributed by atoms with E-state index < -0.39 is 17.6 Å². The highest BCUT2D eigenvalue weighted by atomic mass is 16.6. The molecule has 1 fully saturated rings. The average Bonchev–Trinajstić information content (AvgIpc) is 3.39. The van der Waals surface area contributed by atoms with Gasteiger partial charge in [0, 0.05) is 29.7 Å². The highest BCUT2D eigenvalue weighted by Gasteiger charge is 2.72. The molecule has 0 amide bonds. The summed E-state index contributed by atoms with van der Waals surface area (Å²) in [6, 6.07) is 6.63. The topological polar surface area (TPSA) is 97.3 Å². The molecule has 0 N–H and O–H groups in total. The Morgan fingerprint density at radius 1 is 1.00 bits per heavy atom. The third-order valence-corrected chi connectivity index (χ3v) is 7.49. The quantitative estimate of drug-likeness (QED) is 0.435. The van der Waals surface area contributed by atoms with Gasteiger partial charge in [-0.1, -0.05) is 0 Å². The highest BCUT2D eigenvalue weighted by Crippen LogP contribution is 2.65. The predicted molar refractivity (Wildman–Crippen MR) is 121 cm³/mol. The minimum Gasteiger partial charge on any atom is -0.495 e. The zero-order valence-corrected chi connectivity index (χ0v) is 18.9. The van der Waals surface area contributed by atoms with Crippen LogP contribution < -0.4 is 24.4 Å². The molecule has 8 heteroatoms. The summed E-state index contributed by atoms with van der Waals surface area (Å²) < 4.78 is 35.5. The Bertz CT molecular complexity index is 1630. The highest BCUT2D eigenvalue weighted by molar-refractivity contribution is 6.10. The van der Waals surface area contributed by atoms with Gasteiger partial charge in [-0.05, 0) is 19.9 Å². The number of fused-ring (bicyclic) bond motifs is 9. The molecule has 2 aromatic carbocycles. The standard InChI is InChI=1S/C26H20O8/c1-10-7-12(27)17-14(32-10)9-15-18(24(17)30-4)20-21-22(28)19-16(34-26(21,2)25(20)33-15)8-13-11(5-6-31-13)23(19)29-3/h5-9,20-21,25H,1-4H3/t20-,21-,25+,26-/m0/s1. The zero-order chi connectivity index (χ0) is 23.5. The lowest BCUT2D eigenvalue weighted by Crippen LogP contribution is -2.70. The van der Waals surface area contributed by atoms with E-state index in [4.69, 9.17) is 27.8 Å². The van der Waals surface area contributed by atoms with Crippen molar-refractivity contribution in [2.24, 2.45) is 5.92 Å². The Kier molecular flexibility index (Phi) is 3.52. The first kappa shape index (κ1) is 19.5. The van der Waals surface area contributed by atoms with E-state index >= 15 is 0 Å². The van der Waals surface area contributed by atoms with E-state index in [1.54, 1.807) is 31.4 Å². The van der Waals surface area contributed by atoms with Gasteiger partial charge in [0.05, 0.1) is 31.8 Å². The predicted octanol–water partition coefficient (Wildman–Crippen LogP) is 4.37. The lowest BCUT2D eigenvalue weighted by molar-refractivity contribution is -0.143. The van der Waals surface area contributed by atoms with E-state index in [1.807, 2.05) is 6.92 Å². The summed E-state index contributed by atoms with van der Waals surface area (Å²) in [6.07, 6.45) is 1.11. The third kappa shape index (κ3) is 2.09. The first-order valence-corrected chi connectivity index (χ1v) is 11.0. The molecule has 0 spiro atoms. The van der Waals surface area contributed by atoms with Crippen LogP contribution in [-0.2, 0) is 0 Å². The van der Waals surface area contributed by atoms with E-state index in [1.165, 1.54) is 20.3 Å². The number of carbonyl (C=O) groups excluding carboxylic acids is 1. The van der Waals surface area contributed by atoms with Gasteiger partial charge in [-0.15, -0.1) is 0 Å². The number of carbonyl (C=O) groups is 1. The summed E-state index contributed by atoms with van der Waals surface area (Å²) >= 11 is 0. The number of benzene rings is 2. The summed E-state index contributed by atoms with van der Waals surface area (Å²) in [6.45, 7) is 3.60. The van der Waals surface area contributed by atoms with Crippen LogP contribution in [0.5, 0.6) is 23.0 Å². The van der Waals surface area contributed by atoms with Gasteiger partial charge in [0.1, 0.15) is 57.0 Å². The van der Waals surface area contributed by atoms with Crippen molar-refractivity contribution in [1.29, 1.82) is 0 Å². The Hall–Kier alpha value is -3.94. The minimum atomic E-state index is -0.913. The number of methoxy groups -OCH3 is 2. The smallest absolute Gasteiger partial charge is 0.196 e. The second-order valence-corrected chi connectivity index (χ2v) is 9.22. The molecular formula is C26H20O8. The largest absolute Gasteiger partial charge is 0.495 e. The zero-order valence-electron chi connectivity index (χ0n) is 18.9. The molecule has 34 heavy (non-hydrogen) atoms. The molecule has 1 saturated carbocycles. The van der Waals surface area contributed by atoms with Crippen molar-refractivity contribution >= 4 is 27.7 Å². The molecule has 3 aliphatic rings. The van der Waals surface area contributed by atoms with Crippen molar-refractivity contribution in [3.8, 4) is 23.0 Å². The van der Waals surface area contributed by atoms with Crippen LogP contribution in [0.4, 0.5) is 0 Å². The van der Waals surface area contributed by atoms with E-state index in [0.29, 0.717) is 61.8 Å². The normalized spacial score (nSPS) is 26.1. The fraction of sp³-hybridized carbons (Fsp3) is 0.308. The van der Waals surface area contributed by atoms with Crippen LogP contribution in [-0.4, -0.2) is 31.7 Å². The van der Waals surface area contributed by atoms with Crippen molar-refractivity contribution in [3.63, 3.8) is 0 Å². The van der Waals surface area contributed by atoms with Crippen LogP contribution in [0, 0.1) is 12.8 Å². The van der Waals surface area contributed by atoms with Crippen LogP contribution in [0.2, 0.25) is 0 Å². The van der Waals surface area contributed by atoms with Crippen LogP contribution in [0.1, 0.15) is 34.5 Å². The summed E-state index contributed by atoms with van der Waals surface area (Å²) in [5, 5.41) is 1.05.